The van der Waals surface area contributed by atoms with E-state index in [1.807, 2.05) is 16.8 Å². The van der Waals surface area contributed by atoms with Gasteiger partial charge in [-0.2, -0.15) is 11.3 Å². The van der Waals surface area contributed by atoms with E-state index >= 15 is 0 Å². The Balaban J connectivity index is 1.48. The molecule has 2 amide bonds. The molecule has 1 heterocycles. The summed E-state index contributed by atoms with van der Waals surface area (Å²) in [6, 6.07) is 15.9. The average Bonchev–Trinajstić information content (AvgIpc) is 3.20. The van der Waals surface area contributed by atoms with Crippen LogP contribution in [0.4, 0.5) is 16.2 Å². The van der Waals surface area contributed by atoms with Gasteiger partial charge >= 0.3 is 6.09 Å². The van der Waals surface area contributed by atoms with Crippen molar-refractivity contribution in [1.29, 1.82) is 0 Å². The lowest BCUT2D eigenvalue weighted by atomic mass is 10.1. The molecule has 3 rings (SSSR count). The van der Waals surface area contributed by atoms with Gasteiger partial charge in [0.1, 0.15) is 6.61 Å². The molecule has 0 saturated carbocycles. The van der Waals surface area contributed by atoms with Crippen LogP contribution in [0.25, 0.3) is 0 Å². The second-order valence-electron chi connectivity index (χ2n) is 5.80. The number of ether oxygens (including phenoxy) is 1. The van der Waals surface area contributed by atoms with Gasteiger partial charge in [-0.05, 0) is 46.7 Å². The molecule has 27 heavy (non-hydrogen) atoms. The van der Waals surface area contributed by atoms with Crippen molar-refractivity contribution in [3.8, 4) is 0 Å². The molecule has 0 saturated heterocycles. The van der Waals surface area contributed by atoms with Crippen LogP contribution in [0.15, 0.2) is 65.4 Å². The van der Waals surface area contributed by atoms with Gasteiger partial charge in [0.2, 0.25) is 0 Å². The molecule has 2 aromatic carbocycles. The minimum absolute atomic E-state index is 0.247. The number of hydrogen-bond donors (Lipinski definition) is 3. The molecule has 0 aliphatic carbocycles. The highest BCUT2D eigenvalue weighted by molar-refractivity contribution is 7.07. The normalized spacial score (nSPS) is 10.2. The second-order valence-corrected chi connectivity index (χ2v) is 6.58. The quantitative estimate of drug-likeness (QED) is 0.563. The summed E-state index contributed by atoms with van der Waals surface area (Å²) in [4.78, 5) is 24.0. The molecule has 0 atom stereocenters. The van der Waals surface area contributed by atoms with Crippen LogP contribution in [-0.2, 0) is 17.9 Å². The summed E-state index contributed by atoms with van der Waals surface area (Å²) in [5, 5.41) is 9.32. The van der Waals surface area contributed by atoms with Crippen LogP contribution in [-0.4, -0.2) is 12.0 Å². The zero-order valence-electron chi connectivity index (χ0n) is 14.5. The smallest absolute Gasteiger partial charge is 0.407 e. The van der Waals surface area contributed by atoms with Gasteiger partial charge in [-0.25, -0.2) is 4.79 Å². The average molecular weight is 381 g/mol. The van der Waals surface area contributed by atoms with Crippen LogP contribution < -0.4 is 16.4 Å². The third-order valence-electron chi connectivity index (χ3n) is 3.81. The largest absolute Gasteiger partial charge is 0.445 e. The highest BCUT2D eigenvalue weighted by Gasteiger charge is 2.08. The van der Waals surface area contributed by atoms with E-state index in [-0.39, 0.29) is 12.5 Å². The van der Waals surface area contributed by atoms with E-state index in [0.29, 0.717) is 23.5 Å². The number of nitrogens with one attached hydrogen (secondary N) is 2. The molecule has 0 aliphatic rings. The summed E-state index contributed by atoms with van der Waals surface area (Å²) < 4.78 is 5.13. The number of amides is 2. The van der Waals surface area contributed by atoms with Crippen LogP contribution in [0.3, 0.4) is 0 Å². The van der Waals surface area contributed by atoms with Crippen molar-refractivity contribution in [2.45, 2.75) is 13.2 Å². The standard InChI is InChI=1S/C20H19N3O3S/c21-17-3-1-2-4-18(17)23-19(24)16-7-5-14(6-8-16)11-22-20(25)26-12-15-9-10-27-13-15/h1-10,13H,11-12,21H2,(H,22,25)(H,23,24). The maximum atomic E-state index is 12.3. The van der Waals surface area contributed by atoms with E-state index in [4.69, 9.17) is 10.5 Å². The predicted octanol–water partition coefficient (Wildman–Crippen LogP) is 4.01. The van der Waals surface area contributed by atoms with Crippen molar-refractivity contribution in [2.75, 3.05) is 11.1 Å². The van der Waals surface area contributed by atoms with Gasteiger partial charge in [0.25, 0.3) is 5.91 Å². The van der Waals surface area contributed by atoms with Gasteiger partial charge in [0.15, 0.2) is 0 Å². The number of benzene rings is 2. The molecule has 7 heteroatoms. The fourth-order valence-electron chi connectivity index (χ4n) is 2.33. The first-order valence-corrected chi connectivity index (χ1v) is 9.22. The second kappa shape index (κ2) is 8.86. The van der Waals surface area contributed by atoms with Crippen molar-refractivity contribution in [2.24, 2.45) is 0 Å². The SMILES string of the molecule is Nc1ccccc1NC(=O)c1ccc(CNC(=O)OCc2ccsc2)cc1. The summed E-state index contributed by atoms with van der Waals surface area (Å²) in [6.45, 7) is 0.563. The van der Waals surface area contributed by atoms with E-state index < -0.39 is 6.09 Å². The Hall–Kier alpha value is -3.32. The maximum absolute atomic E-state index is 12.3. The Morgan fingerprint density at radius 2 is 1.78 bits per heavy atom. The summed E-state index contributed by atoms with van der Waals surface area (Å²) in [5.74, 6) is -0.248. The summed E-state index contributed by atoms with van der Waals surface area (Å²) in [5.41, 5.74) is 9.23. The molecule has 0 radical (unpaired) electrons. The lowest BCUT2D eigenvalue weighted by molar-refractivity contribution is 0.102. The summed E-state index contributed by atoms with van der Waals surface area (Å²) in [7, 11) is 0. The van der Waals surface area contributed by atoms with Crippen molar-refractivity contribution in [3.05, 3.63) is 82.0 Å². The molecule has 138 valence electrons. The zero-order chi connectivity index (χ0) is 19.1. The monoisotopic (exact) mass is 381 g/mol. The number of nitrogens with two attached hydrogens (primary N) is 1. The molecular weight excluding hydrogens is 362 g/mol. The Morgan fingerprint density at radius 1 is 1.00 bits per heavy atom. The Labute approximate surface area is 161 Å². The van der Waals surface area contributed by atoms with Crippen LogP contribution in [0, 0.1) is 0 Å². The molecule has 0 unspecified atom stereocenters. The Kier molecular flexibility index (Phi) is 6.06. The van der Waals surface area contributed by atoms with Gasteiger partial charge in [0, 0.05) is 17.7 Å². The van der Waals surface area contributed by atoms with Gasteiger partial charge in [-0.15, -0.1) is 0 Å². The zero-order valence-corrected chi connectivity index (χ0v) is 15.3. The van der Waals surface area contributed by atoms with E-state index in [9.17, 15) is 9.59 Å². The number of alkyl carbamates (subject to hydrolysis) is 1. The Morgan fingerprint density at radius 3 is 2.48 bits per heavy atom. The van der Waals surface area contributed by atoms with Gasteiger partial charge < -0.3 is 21.1 Å². The molecule has 4 N–H and O–H groups in total. The fourth-order valence-corrected chi connectivity index (χ4v) is 2.98. The predicted molar refractivity (Wildman–Crippen MR) is 107 cm³/mol. The lowest BCUT2D eigenvalue weighted by Gasteiger charge is -2.09. The van der Waals surface area contributed by atoms with Gasteiger partial charge in [0.05, 0.1) is 11.4 Å². The first kappa shape index (κ1) is 18.5. The van der Waals surface area contributed by atoms with E-state index in [1.54, 1.807) is 59.9 Å². The number of para-hydroxylation sites is 2. The molecule has 1 aromatic heterocycles. The molecule has 3 aromatic rings. The van der Waals surface area contributed by atoms with E-state index in [1.165, 1.54) is 0 Å². The number of rotatable bonds is 6. The molecule has 6 nitrogen and oxygen atoms in total. The van der Waals surface area contributed by atoms with Crippen LogP contribution in [0.1, 0.15) is 21.5 Å². The first-order chi connectivity index (χ1) is 13.1. The van der Waals surface area contributed by atoms with Crippen molar-refractivity contribution in [1.82, 2.24) is 5.32 Å². The summed E-state index contributed by atoms with van der Waals surface area (Å²) >= 11 is 1.55. The molecular formula is C20H19N3O3S. The fraction of sp³-hybridized carbons (Fsp3) is 0.100. The number of hydrogen-bond acceptors (Lipinski definition) is 5. The topological polar surface area (TPSA) is 93.5 Å². The van der Waals surface area contributed by atoms with E-state index in [0.717, 1.165) is 11.1 Å². The number of carbonyl (C=O) groups excluding carboxylic acids is 2. The number of anilines is 2. The molecule has 0 bridgehead atoms. The number of nitrogen functional groups attached to an aromatic ring is 1. The highest BCUT2D eigenvalue weighted by atomic mass is 32.1. The first-order valence-electron chi connectivity index (χ1n) is 8.28. The van der Waals surface area contributed by atoms with Crippen molar-refractivity contribution in [3.63, 3.8) is 0 Å². The van der Waals surface area contributed by atoms with E-state index in [2.05, 4.69) is 10.6 Å². The molecule has 0 spiro atoms. The minimum Gasteiger partial charge on any atom is -0.445 e. The van der Waals surface area contributed by atoms with Crippen LogP contribution in [0.5, 0.6) is 0 Å². The van der Waals surface area contributed by atoms with Crippen LogP contribution >= 0.6 is 11.3 Å². The number of thiophene rings is 1. The summed E-state index contributed by atoms with van der Waals surface area (Å²) in [6.07, 6.45) is -0.484. The highest BCUT2D eigenvalue weighted by Crippen LogP contribution is 2.18. The van der Waals surface area contributed by atoms with Gasteiger partial charge in [-0.3, -0.25) is 4.79 Å². The van der Waals surface area contributed by atoms with Crippen LogP contribution in [0.2, 0.25) is 0 Å². The Bertz CT molecular complexity index is 908. The van der Waals surface area contributed by atoms with Crippen molar-refractivity contribution < 1.29 is 14.3 Å². The lowest BCUT2D eigenvalue weighted by Crippen LogP contribution is -2.23. The maximum Gasteiger partial charge on any atom is 0.407 e. The van der Waals surface area contributed by atoms with Gasteiger partial charge in [-0.1, -0.05) is 24.3 Å². The third-order valence-corrected chi connectivity index (χ3v) is 4.54. The molecule has 0 fully saturated rings. The number of carbonyl (C=O) groups is 2. The molecule has 0 aliphatic heterocycles. The minimum atomic E-state index is -0.484. The third kappa shape index (κ3) is 5.32. The van der Waals surface area contributed by atoms with Crippen molar-refractivity contribution >= 4 is 34.7 Å².